The van der Waals surface area contributed by atoms with Crippen LogP contribution in [-0.2, 0) is 23.8 Å². The van der Waals surface area contributed by atoms with Crippen molar-refractivity contribution in [3.05, 3.63) is 0 Å². The Kier molecular flexibility index (Phi) is 16.1. The monoisotopic (exact) mass is 402 g/mol. The fourth-order valence-corrected chi connectivity index (χ4v) is 2.98. The molecular weight excluding hydrogens is 380 g/mol. The largest absolute Gasteiger partial charge is 0.518 e. The summed E-state index contributed by atoms with van der Waals surface area (Å²) in [7, 11) is 2.41. The van der Waals surface area contributed by atoms with Gasteiger partial charge < -0.3 is 35.9 Å². The van der Waals surface area contributed by atoms with E-state index >= 15 is 0 Å². The second-order valence-corrected chi connectivity index (χ2v) is 6.48. The summed E-state index contributed by atoms with van der Waals surface area (Å²) in [6, 6.07) is -1.85. The molecule has 0 spiro atoms. The van der Waals surface area contributed by atoms with Gasteiger partial charge in [-0.2, -0.15) is 0 Å². The standard InChI is InChI=1S/C6H12N2O4S2.C6H10O5/c7-3(5(9)10)1-13-14-2-4(8)6(11)12;1-3-9-5(7)11-6(8)10-4-2/h3-4H,1-2,7-8H2,(H,9,10)(H,11,12);3-4H2,1-2H3. The van der Waals surface area contributed by atoms with E-state index in [1.54, 1.807) is 13.8 Å². The molecule has 2 atom stereocenters. The van der Waals surface area contributed by atoms with Gasteiger partial charge >= 0.3 is 24.2 Å². The molecule has 0 rings (SSSR count). The van der Waals surface area contributed by atoms with Crippen LogP contribution in [0.25, 0.3) is 0 Å². The second kappa shape index (κ2) is 15.8. The Morgan fingerprint density at radius 1 is 0.840 bits per heavy atom. The number of hydrogen-bond acceptors (Lipinski definition) is 11. The molecule has 0 aliphatic heterocycles. The van der Waals surface area contributed by atoms with Crippen molar-refractivity contribution in [2.75, 3.05) is 24.7 Å². The van der Waals surface area contributed by atoms with E-state index in [0.29, 0.717) is 0 Å². The minimum Gasteiger partial charge on any atom is -0.480 e. The van der Waals surface area contributed by atoms with Crippen LogP contribution in [0.3, 0.4) is 0 Å². The van der Waals surface area contributed by atoms with Crippen LogP contribution in [0, 0.1) is 0 Å². The maximum Gasteiger partial charge on any atom is 0.518 e. The Hall–Kier alpha value is -1.70. The molecule has 0 saturated heterocycles. The molecule has 0 aliphatic carbocycles. The molecule has 0 fully saturated rings. The van der Waals surface area contributed by atoms with E-state index in [4.69, 9.17) is 21.7 Å². The van der Waals surface area contributed by atoms with Crippen LogP contribution in [0.15, 0.2) is 0 Å². The minimum atomic E-state index is -1.07. The lowest BCUT2D eigenvalue weighted by Gasteiger charge is -2.07. The topological polar surface area (TPSA) is 188 Å². The Morgan fingerprint density at radius 3 is 1.40 bits per heavy atom. The summed E-state index contributed by atoms with van der Waals surface area (Å²) in [4.78, 5) is 41.3. The predicted octanol–water partition coefficient (Wildman–Crippen LogP) is 0.508. The number of carboxylic acid groups (broad SMARTS) is 2. The molecule has 0 radical (unpaired) electrons. The quantitative estimate of drug-likeness (QED) is 0.181. The van der Waals surface area contributed by atoms with Crippen molar-refractivity contribution in [3.8, 4) is 0 Å². The number of carboxylic acids is 2. The third-order valence-corrected chi connectivity index (χ3v) is 4.38. The van der Waals surface area contributed by atoms with Gasteiger partial charge in [0.2, 0.25) is 0 Å². The molecule has 0 heterocycles. The molecule has 0 aromatic heterocycles. The average Bonchev–Trinajstić information content (AvgIpc) is 2.51. The first-order valence-electron chi connectivity index (χ1n) is 6.88. The first-order chi connectivity index (χ1) is 11.6. The molecule has 6 N–H and O–H groups in total. The number of ether oxygens (including phenoxy) is 3. The van der Waals surface area contributed by atoms with Gasteiger partial charge in [0.25, 0.3) is 0 Å². The number of carbonyl (C=O) groups excluding carboxylic acids is 2. The third kappa shape index (κ3) is 16.9. The van der Waals surface area contributed by atoms with E-state index in [1.165, 1.54) is 21.6 Å². The normalized spacial score (nSPS) is 12.0. The summed E-state index contributed by atoms with van der Waals surface area (Å²) in [6.45, 7) is 3.54. The highest BCUT2D eigenvalue weighted by atomic mass is 33.1. The lowest BCUT2D eigenvalue weighted by Crippen LogP contribution is -2.33. The van der Waals surface area contributed by atoms with Crippen molar-refractivity contribution >= 4 is 45.8 Å². The summed E-state index contributed by atoms with van der Waals surface area (Å²) >= 11 is 0. The van der Waals surface area contributed by atoms with Gasteiger partial charge in [-0.25, -0.2) is 9.59 Å². The molecular formula is C12H22N2O9S2. The molecule has 0 aromatic carbocycles. The van der Waals surface area contributed by atoms with Gasteiger partial charge in [-0.1, -0.05) is 21.6 Å². The zero-order chi connectivity index (χ0) is 19.8. The number of hydrogen-bond donors (Lipinski definition) is 4. The predicted molar refractivity (Wildman–Crippen MR) is 91.3 cm³/mol. The molecule has 11 nitrogen and oxygen atoms in total. The van der Waals surface area contributed by atoms with Crippen LogP contribution >= 0.6 is 21.6 Å². The van der Waals surface area contributed by atoms with Crippen molar-refractivity contribution in [1.82, 2.24) is 0 Å². The number of rotatable bonds is 9. The molecule has 25 heavy (non-hydrogen) atoms. The molecule has 0 aromatic rings. The minimum absolute atomic E-state index is 0.165. The Morgan fingerprint density at radius 2 is 1.16 bits per heavy atom. The summed E-state index contributed by atoms with van der Waals surface area (Å²) in [5.74, 6) is -1.68. The van der Waals surface area contributed by atoms with E-state index in [9.17, 15) is 19.2 Å². The highest BCUT2D eigenvalue weighted by Gasteiger charge is 2.14. The van der Waals surface area contributed by atoms with Crippen LogP contribution in [0.1, 0.15) is 13.8 Å². The number of nitrogens with two attached hydrogens (primary N) is 2. The molecule has 0 bridgehead atoms. The average molecular weight is 402 g/mol. The summed E-state index contributed by atoms with van der Waals surface area (Å²) < 4.78 is 12.6. The lowest BCUT2D eigenvalue weighted by molar-refractivity contribution is -0.138. The first-order valence-corrected chi connectivity index (χ1v) is 9.36. The van der Waals surface area contributed by atoms with E-state index in [1.807, 2.05) is 0 Å². The Labute approximate surface area is 152 Å². The van der Waals surface area contributed by atoms with Crippen molar-refractivity contribution in [3.63, 3.8) is 0 Å². The van der Waals surface area contributed by atoms with E-state index < -0.39 is 36.3 Å². The van der Waals surface area contributed by atoms with Gasteiger partial charge in [-0.05, 0) is 13.8 Å². The first kappa shape index (κ1) is 25.5. The molecule has 2 unspecified atom stereocenters. The van der Waals surface area contributed by atoms with E-state index in [0.717, 1.165) is 0 Å². The fraction of sp³-hybridized carbons (Fsp3) is 0.667. The number of carbonyl (C=O) groups is 4. The zero-order valence-corrected chi connectivity index (χ0v) is 15.3. The van der Waals surface area contributed by atoms with Gasteiger partial charge in [0.1, 0.15) is 12.1 Å². The van der Waals surface area contributed by atoms with Crippen LogP contribution in [0.2, 0.25) is 0 Å². The molecule has 13 heteroatoms. The maximum atomic E-state index is 10.4. The lowest BCUT2D eigenvalue weighted by atomic mass is 10.4. The van der Waals surface area contributed by atoms with Crippen molar-refractivity contribution in [2.45, 2.75) is 25.9 Å². The second-order valence-electron chi connectivity index (χ2n) is 3.93. The SMILES string of the molecule is CCOC(=O)OC(=O)OCC.NC(CSSCC(N)C(=O)O)C(=O)O. The Balaban J connectivity index is 0. The highest BCUT2D eigenvalue weighted by molar-refractivity contribution is 8.76. The highest BCUT2D eigenvalue weighted by Crippen LogP contribution is 2.22. The van der Waals surface area contributed by atoms with Crippen molar-refractivity contribution < 1.29 is 43.6 Å². The summed E-state index contributed by atoms with van der Waals surface area (Å²) in [6.07, 6.45) is -2.07. The van der Waals surface area contributed by atoms with Gasteiger partial charge in [0.15, 0.2) is 0 Å². The molecule has 0 aliphatic rings. The fourth-order valence-electron chi connectivity index (χ4n) is 0.748. The molecule has 0 saturated carbocycles. The zero-order valence-electron chi connectivity index (χ0n) is 13.7. The van der Waals surface area contributed by atoms with Crippen LogP contribution < -0.4 is 11.5 Å². The Bertz CT molecular complexity index is 399. The summed E-state index contributed by atoms with van der Waals surface area (Å²) in [5.41, 5.74) is 10.4. The van der Waals surface area contributed by atoms with Crippen molar-refractivity contribution in [2.24, 2.45) is 11.5 Å². The van der Waals surface area contributed by atoms with Crippen LogP contribution in [-0.4, -0.2) is 71.3 Å². The van der Waals surface area contributed by atoms with Gasteiger partial charge in [-0.3, -0.25) is 9.59 Å². The van der Waals surface area contributed by atoms with E-state index in [2.05, 4.69) is 14.2 Å². The van der Waals surface area contributed by atoms with Gasteiger partial charge in [0, 0.05) is 11.5 Å². The van der Waals surface area contributed by atoms with E-state index in [-0.39, 0.29) is 24.7 Å². The van der Waals surface area contributed by atoms with Crippen molar-refractivity contribution in [1.29, 1.82) is 0 Å². The molecule has 146 valence electrons. The van der Waals surface area contributed by atoms with Gasteiger partial charge in [-0.15, -0.1) is 0 Å². The van der Waals surface area contributed by atoms with Crippen LogP contribution in [0.5, 0.6) is 0 Å². The van der Waals surface area contributed by atoms with Gasteiger partial charge in [0.05, 0.1) is 13.2 Å². The van der Waals surface area contributed by atoms with Crippen LogP contribution in [0.4, 0.5) is 9.59 Å². The molecule has 0 amide bonds. The summed E-state index contributed by atoms with van der Waals surface area (Å²) in [5, 5.41) is 16.8. The smallest absolute Gasteiger partial charge is 0.480 e. The maximum absolute atomic E-state index is 10.4. The number of aliphatic carboxylic acids is 2. The third-order valence-electron chi connectivity index (χ3n) is 1.90.